The molecule has 0 amide bonds. The van der Waals surface area contributed by atoms with Crippen LogP contribution in [-0.4, -0.2) is 34.2 Å². The zero-order valence-electron chi connectivity index (χ0n) is 13.8. The lowest BCUT2D eigenvalue weighted by Crippen LogP contribution is -2.64. The zero-order chi connectivity index (χ0) is 14.9. The van der Waals surface area contributed by atoms with Gasteiger partial charge in [0, 0.05) is 0 Å². The Morgan fingerprint density at radius 2 is 1.00 bits per heavy atom. The van der Waals surface area contributed by atoms with Gasteiger partial charge in [-0.25, -0.2) is 0 Å². The van der Waals surface area contributed by atoms with Crippen molar-refractivity contribution in [2.24, 2.45) is 0 Å². The Hall–Kier alpha value is 0.708. The van der Waals surface area contributed by atoms with E-state index in [0.29, 0.717) is 0 Å². The Morgan fingerprint density at radius 1 is 0.632 bits per heavy atom. The minimum atomic E-state index is -2.18. The Labute approximate surface area is 122 Å². The topological polar surface area (TPSA) is 36.9 Å². The van der Waals surface area contributed by atoms with Crippen LogP contribution >= 0.6 is 0 Å². The molecule has 1 aliphatic heterocycles. The van der Waals surface area contributed by atoms with E-state index in [4.69, 9.17) is 16.5 Å². The van der Waals surface area contributed by atoms with Crippen molar-refractivity contribution in [1.29, 1.82) is 0 Å². The van der Waals surface area contributed by atoms with Crippen LogP contribution < -0.4 is 0 Å². The normalized spacial score (nSPS) is 28.4. The fourth-order valence-electron chi connectivity index (χ4n) is 2.91. The van der Waals surface area contributed by atoms with E-state index < -0.39 is 34.2 Å². The van der Waals surface area contributed by atoms with Gasteiger partial charge in [-0.3, -0.25) is 0 Å². The van der Waals surface area contributed by atoms with Crippen molar-refractivity contribution < 1.29 is 16.5 Å². The Kier molecular flexibility index (Phi) is 5.45. The standard InChI is InChI=1S/C11H30O4Si4/c1-9-10-11-19(8)14-17(4,5)12-16(2,3)13-18(6,7)15-19/h9-11H2,1-8H3. The van der Waals surface area contributed by atoms with Gasteiger partial charge in [-0.15, -0.1) is 0 Å². The Balaban J connectivity index is 2.97. The summed E-state index contributed by atoms with van der Waals surface area (Å²) < 4.78 is 25.5. The molecule has 8 heteroatoms. The minimum absolute atomic E-state index is 1.03. The molecule has 0 aromatic carbocycles. The molecule has 0 radical (unpaired) electrons. The smallest absolute Gasteiger partial charge is 0.317 e. The molecule has 0 unspecified atom stereocenters. The highest BCUT2D eigenvalue weighted by Crippen LogP contribution is 2.33. The first kappa shape index (κ1) is 17.8. The van der Waals surface area contributed by atoms with Gasteiger partial charge in [-0.05, 0) is 51.9 Å². The molecule has 0 spiro atoms. The third-order valence-corrected chi connectivity index (χ3v) is 19.4. The van der Waals surface area contributed by atoms with E-state index in [2.05, 4.69) is 52.8 Å². The van der Waals surface area contributed by atoms with E-state index in [9.17, 15) is 0 Å². The second-order valence-corrected chi connectivity index (χ2v) is 21.3. The van der Waals surface area contributed by atoms with Crippen molar-refractivity contribution in [2.75, 3.05) is 0 Å². The van der Waals surface area contributed by atoms with Gasteiger partial charge < -0.3 is 16.5 Å². The van der Waals surface area contributed by atoms with Crippen molar-refractivity contribution in [3.8, 4) is 0 Å². The quantitative estimate of drug-likeness (QED) is 0.728. The molecule has 4 nitrogen and oxygen atoms in total. The van der Waals surface area contributed by atoms with E-state index in [1.54, 1.807) is 0 Å². The summed E-state index contributed by atoms with van der Waals surface area (Å²) in [5, 5.41) is 0. The number of hydrogen-bond acceptors (Lipinski definition) is 4. The van der Waals surface area contributed by atoms with E-state index in [0.717, 1.165) is 12.5 Å². The monoisotopic (exact) mass is 338 g/mol. The molecular formula is C11H30O4Si4. The molecule has 0 bridgehead atoms. The summed E-state index contributed by atoms with van der Waals surface area (Å²) in [5.74, 6) is 0. The van der Waals surface area contributed by atoms with Gasteiger partial charge in [0.2, 0.25) is 0 Å². The lowest BCUT2D eigenvalue weighted by molar-refractivity contribution is 0.233. The molecule has 0 aliphatic carbocycles. The first-order valence-corrected chi connectivity index (χ1v) is 18.2. The molecule has 1 aliphatic rings. The van der Waals surface area contributed by atoms with Gasteiger partial charge in [-0.2, -0.15) is 0 Å². The maximum Gasteiger partial charge on any atom is 0.317 e. The SMILES string of the molecule is CCCC[Si]1(C)O[Si](C)(C)O[Si](C)(C)O[Si](C)(C)O1. The summed E-state index contributed by atoms with van der Waals surface area (Å²) in [4.78, 5) is 0. The van der Waals surface area contributed by atoms with Crippen LogP contribution in [0.4, 0.5) is 0 Å². The number of rotatable bonds is 3. The van der Waals surface area contributed by atoms with Crippen LogP contribution in [0.1, 0.15) is 19.8 Å². The molecular weight excluding hydrogens is 308 g/mol. The van der Waals surface area contributed by atoms with E-state index >= 15 is 0 Å². The van der Waals surface area contributed by atoms with E-state index in [1.165, 1.54) is 6.42 Å². The molecule has 1 heterocycles. The molecule has 1 rings (SSSR count). The lowest BCUT2D eigenvalue weighted by Gasteiger charge is -2.47. The van der Waals surface area contributed by atoms with Gasteiger partial charge >= 0.3 is 34.2 Å². The van der Waals surface area contributed by atoms with Crippen LogP contribution in [-0.2, 0) is 16.5 Å². The second-order valence-electron chi connectivity index (χ2n) is 6.85. The molecule has 0 atom stereocenters. The summed E-state index contributed by atoms with van der Waals surface area (Å²) in [6.45, 7) is 17.0. The fraction of sp³-hybridized carbons (Fsp3) is 1.00. The largest absolute Gasteiger partial charge is 0.416 e. The van der Waals surface area contributed by atoms with Gasteiger partial charge in [0.05, 0.1) is 0 Å². The molecule has 114 valence electrons. The minimum Gasteiger partial charge on any atom is -0.416 e. The summed E-state index contributed by atoms with van der Waals surface area (Å²) in [7, 11) is -8.64. The predicted molar refractivity (Wildman–Crippen MR) is 88.1 cm³/mol. The zero-order valence-corrected chi connectivity index (χ0v) is 17.8. The molecule has 1 fully saturated rings. The average Bonchev–Trinajstić information content (AvgIpc) is 2.06. The molecule has 19 heavy (non-hydrogen) atoms. The highest BCUT2D eigenvalue weighted by atomic mass is 28.5. The van der Waals surface area contributed by atoms with Crippen LogP contribution in [0.15, 0.2) is 0 Å². The van der Waals surface area contributed by atoms with Gasteiger partial charge in [0.25, 0.3) is 0 Å². The molecule has 0 saturated carbocycles. The highest BCUT2D eigenvalue weighted by Gasteiger charge is 2.51. The van der Waals surface area contributed by atoms with E-state index in [-0.39, 0.29) is 0 Å². The van der Waals surface area contributed by atoms with Crippen LogP contribution in [0, 0.1) is 0 Å². The van der Waals surface area contributed by atoms with Crippen LogP contribution in [0.25, 0.3) is 0 Å². The lowest BCUT2D eigenvalue weighted by atomic mass is 10.4. The van der Waals surface area contributed by atoms with Crippen LogP contribution in [0.2, 0.25) is 51.9 Å². The first-order chi connectivity index (χ1) is 8.39. The molecule has 0 N–H and O–H groups in total. The Bertz CT molecular complexity index is 298. The van der Waals surface area contributed by atoms with Gasteiger partial charge in [0.1, 0.15) is 0 Å². The summed E-state index contributed by atoms with van der Waals surface area (Å²) >= 11 is 0. The van der Waals surface area contributed by atoms with Gasteiger partial charge in [-0.1, -0.05) is 19.8 Å². The molecule has 0 aromatic rings. The first-order valence-electron chi connectivity index (χ1n) is 7.19. The van der Waals surface area contributed by atoms with Gasteiger partial charge in [0.15, 0.2) is 0 Å². The van der Waals surface area contributed by atoms with Crippen molar-refractivity contribution in [3.63, 3.8) is 0 Å². The number of hydrogen-bond donors (Lipinski definition) is 0. The van der Waals surface area contributed by atoms with Crippen LogP contribution in [0.3, 0.4) is 0 Å². The van der Waals surface area contributed by atoms with Crippen molar-refractivity contribution in [3.05, 3.63) is 0 Å². The summed E-state index contributed by atoms with van der Waals surface area (Å²) in [6, 6.07) is 1.03. The third kappa shape index (κ3) is 5.92. The molecule has 1 saturated heterocycles. The summed E-state index contributed by atoms with van der Waals surface area (Å²) in [6.07, 6.45) is 2.32. The maximum absolute atomic E-state index is 6.46. The van der Waals surface area contributed by atoms with Crippen molar-refractivity contribution in [2.45, 2.75) is 71.6 Å². The maximum atomic E-state index is 6.46. The highest BCUT2D eigenvalue weighted by molar-refractivity contribution is 6.93. The second kappa shape index (κ2) is 5.83. The van der Waals surface area contributed by atoms with Crippen molar-refractivity contribution in [1.82, 2.24) is 0 Å². The van der Waals surface area contributed by atoms with Crippen LogP contribution in [0.5, 0.6) is 0 Å². The van der Waals surface area contributed by atoms with Crippen molar-refractivity contribution >= 4 is 34.2 Å². The molecule has 0 aromatic heterocycles. The average molecular weight is 339 g/mol. The predicted octanol–water partition coefficient (Wildman–Crippen LogP) is 4.04. The van der Waals surface area contributed by atoms with E-state index in [1.807, 2.05) is 0 Å². The number of unbranched alkanes of at least 4 members (excludes halogenated alkanes) is 1. The third-order valence-electron chi connectivity index (χ3n) is 2.89. The fourth-order valence-corrected chi connectivity index (χ4v) is 24.7. The summed E-state index contributed by atoms with van der Waals surface area (Å²) in [5.41, 5.74) is 0. The Morgan fingerprint density at radius 3 is 1.37 bits per heavy atom.